The molecule has 1 N–H and O–H groups in total. The molecule has 0 atom stereocenters. The number of halogens is 1. The normalized spacial score (nSPS) is 18.0. The van der Waals surface area contributed by atoms with Gasteiger partial charge in [-0.25, -0.2) is 17.8 Å². The molecular weight excluding hydrogens is 365 g/mol. The van der Waals surface area contributed by atoms with E-state index in [0.717, 1.165) is 29.5 Å². The molecule has 2 aromatic rings. The van der Waals surface area contributed by atoms with Crippen molar-refractivity contribution in [2.75, 3.05) is 11.9 Å². The molecule has 0 unspecified atom stereocenters. The molecule has 132 valence electrons. The van der Waals surface area contributed by atoms with E-state index in [2.05, 4.69) is 10.3 Å². The number of benzene rings is 1. The summed E-state index contributed by atoms with van der Waals surface area (Å²) in [5.41, 5.74) is 0.821. The van der Waals surface area contributed by atoms with Gasteiger partial charge in [0.1, 0.15) is 5.82 Å². The number of hydrogen-bond acceptors (Lipinski definition) is 5. The number of carbonyl (C=O) groups is 1. The Morgan fingerprint density at radius 3 is 2.88 bits per heavy atom. The van der Waals surface area contributed by atoms with E-state index in [0.29, 0.717) is 11.6 Å². The average Bonchev–Trinajstić information content (AvgIpc) is 3.35. The Hall–Kier alpha value is -1.84. The first-order valence-electron chi connectivity index (χ1n) is 7.98. The summed E-state index contributed by atoms with van der Waals surface area (Å²) in [5.74, 6) is -0.511. The third kappa shape index (κ3) is 3.31. The van der Waals surface area contributed by atoms with Gasteiger partial charge in [0.25, 0.3) is 0 Å². The van der Waals surface area contributed by atoms with Crippen LogP contribution in [0.5, 0.6) is 0 Å². The lowest BCUT2D eigenvalue weighted by Gasteiger charge is -2.25. The van der Waals surface area contributed by atoms with Crippen LogP contribution in [0.3, 0.4) is 0 Å². The van der Waals surface area contributed by atoms with Crippen LogP contribution in [0.25, 0.3) is 0 Å². The highest BCUT2D eigenvalue weighted by atomic mass is 32.2. The fourth-order valence-electron chi connectivity index (χ4n) is 2.76. The molecule has 1 amide bonds. The van der Waals surface area contributed by atoms with Gasteiger partial charge in [0, 0.05) is 23.8 Å². The Labute approximate surface area is 148 Å². The molecule has 1 aromatic carbocycles. The number of anilines is 1. The minimum absolute atomic E-state index is 0.0182. The van der Waals surface area contributed by atoms with Gasteiger partial charge in [-0.1, -0.05) is 6.07 Å². The molecule has 6 nitrogen and oxygen atoms in total. The molecule has 0 spiro atoms. The van der Waals surface area contributed by atoms with E-state index in [9.17, 15) is 17.6 Å². The fourth-order valence-corrected chi connectivity index (χ4v) is 5.31. The smallest absolute Gasteiger partial charge is 0.243 e. The van der Waals surface area contributed by atoms with Crippen molar-refractivity contribution in [2.45, 2.75) is 30.7 Å². The molecule has 0 radical (unpaired) electrons. The number of amides is 1. The number of fused-ring (bicyclic) bond motifs is 1. The molecule has 1 aromatic heterocycles. The molecule has 1 aliphatic carbocycles. The van der Waals surface area contributed by atoms with Crippen LogP contribution in [0.15, 0.2) is 29.2 Å². The van der Waals surface area contributed by atoms with Crippen LogP contribution in [-0.2, 0) is 27.8 Å². The SMILES string of the molecule is O=C(Nc1nc2c(s1)CN(S(=O)(=O)c1cccc(F)c1)CC2)C1CC1. The van der Waals surface area contributed by atoms with Gasteiger partial charge >= 0.3 is 0 Å². The van der Waals surface area contributed by atoms with Crippen LogP contribution < -0.4 is 5.32 Å². The first kappa shape index (κ1) is 16.6. The molecule has 1 fully saturated rings. The Bertz CT molecular complexity index is 938. The highest BCUT2D eigenvalue weighted by molar-refractivity contribution is 7.89. The minimum Gasteiger partial charge on any atom is -0.302 e. The molecule has 2 aliphatic rings. The summed E-state index contributed by atoms with van der Waals surface area (Å²) in [6, 6.07) is 5.02. The molecular formula is C16H16FN3O3S2. The molecule has 1 saturated carbocycles. The largest absolute Gasteiger partial charge is 0.302 e. The lowest BCUT2D eigenvalue weighted by atomic mass is 10.2. The molecule has 2 heterocycles. The summed E-state index contributed by atoms with van der Waals surface area (Å²) < 4.78 is 40.1. The molecule has 9 heteroatoms. The van der Waals surface area contributed by atoms with Gasteiger partial charge in [-0.3, -0.25) is 4.79 Å². The lowest BCUT2D eigenvalue weighted by Crippen LogP contribution is -2.35. The van der Waals surface area contributed by atoms with Gasteiger partial charge in [-0.05, 0) is 31.0 Å². The van der Waals surface area contributed by atoms with Gasteiger partial charge in [0.2, 0.25) is 15.9 Å². The third-order valence-corrected chi connectivity index (χ3v) is 7.15. The van der Waals surface area contributed by atoms with Crippen molar-refractivity contribution in [3.05, 3.63) is 40.7 Å². The first-order chi connectivity index (χ1) is 11.9. The van der Waals surface area contributed by atoms with E-state index < -0.39 is 15.8 Å². The van der Waals surface area contributed by atoms with E-state index in [-0.39, 0.29) is 29.8 Å². The van der Waals surface area contributed by atoms with E-state index >= 15 is 0 Å². The predicted molar refractivity (Wildman–Crippen MR) is 91.2 cm³/mol. The second-order valence-electron chi connectivity index (χ2n) is 6.20. The van der Waals surface area contributed by atoms with Gasteiger partial charge < -0.3 is 5.32 Å². The second kappa shape index (κ2) is 6.15. The number of rotatable bonds is 4. The maximum Gasteiger partial charge on any atom is 0.243 e. The minimum atomic E-state index is -3.76. The van der Waals surface area contributed by atoms with Crippen LogP contribution >= 0.6 is 11.3 Å². The Kier molecular flexibility index (Phi) is 4.09. The van der Waals surface area contributed by atoms with E-state index in [1.165, 1.54) is 33.8 Å². The number of nitrogens with zero attached hydrogens (tertiary/aromatic N) is 2. The number of thiazole rings is 1. The molecule has 25 heavy (non-hydrogen) atoms. The van der Waals surface area contributed by atoms with Gasteiger partial charge in [-0.15, -0.1) is 11.3 Å². The first-order valence-corrected chi connectivity index (χ1v) is 10.2. The number of sulfonamides is 1. The number of hydrogen-bond donors (Lipinski definition) is 1. The second-order valence-corrected chi connectivity index (χ2v) is 9.22. The van der Waals surface area contributed by atoms with Gasteiger partial charge in [-0.2, -0.15) is 4.31 Å². The number of carbonyl (C=O) groups excluding carboxylic acids is 1. The van der Waals surface area contributed by atoms with Crippen LogP contribution in [0.2, 0.25) is 0 Å². The van der Waals surface area contributed by atoms with Crippen molar-refractivity contribution in [3.8, 4) is 0 Å². The molecule has 4 rings (SSSR count). The summed E-state index contributed by atoms with van der Waals surface area (Å²) in [5, 5.41) is 3.32. The fraction of sp³-hybridized carbons (Fsp3) is 0.375. The van der Waals surface area contributed by atoms with Crippen molar-refractivity contribution >= 4 is 32.4 Å². The quantitative estimate of drug-likeness (QED) is 0.882. The van der Waals surface area contributed by atoms with Crippen LogP contribution in [0.4, 0.5) is 9.52 Å². The Morgan fingerprint density at radius 2 is 2.16 bits per heavy atom. The molecule has 0 saturated heterocycles. The predicted octanol–water partition coefficient (Wildman–Crippen LogP) is 2.38. The van der Waals surface area contributed by atoms with E-state index in [1.807, 2.05) is 0 Å². The average molecular weight is 381 g/mol. The standard InChI is InChI=1S/C16H16FN3O3S2/c17-11-2-1-3-12(8-11)25(22,23)20-7-6-13-14(9-20)24-16(18-13)19-15(21)10-4-5-10/h1-3,8,10H,4-7,9H2,(H,18,19,21). The topological polar surface area (TPSA) is 79.4 Å². The van der Waals surface area contributed by atoms with Crippen LogP contribution in [-0.4, -0.2) is 30.2 Å². The summed E-state index contributed by atoms with van der Waals surface area (Å²) in [6.07, 6.45) is 2.30. The van der Waals surface area contributed by atoms with E-state index in [4.69, 9.17) is 0 Å². The van der Waals surface area contributed by atoms with Crippen LogP contribution in [0, 0.1) is 11.7 Å². The van der Waals surface area contributed by atoms with Gasteiger partial charge in [0.15, 0.2) is 5.13 Å². The van der Waals surface area contributed by atoms with Crippen molar-refractivity contribution in [3.63, 3.8) is 0 Å². The zero-order valence-corrected chi connectivity index (χ0v) is 14.9. The maximum atomic E-state index is 13.4. The Balaban J connectivity index is 1.54. The molecule has 1 aliphatic heterocycles. The van der Waals surface area contributed by atoms with E-state index in [1.54, 1.807) is 0 Å². The van der Waals surface area contributed by atoms with Crippen molar-refractivity contribution in [1.82, 2.24) is 9.29 Å². The summed E-state index contributed by atoms with van der Waals surface area (Å²) in [6.45, 7) is 0.469. The summed E-state index contributed by atoms with van der Waals surface area (Å²) in [7, 11) is -3.76. The highest BCUT2D eigenvalue weighted by Gasteiger charge is 2.33. The Morgan fingerprint density at radius 1 is 1.36 bits per heavy atom. The van der Waals surface area contributed by atoms with Gasteiger partial charge in [0.05, 0.1) is 17.1 Å². The van der Waals surface area contributed by atoms with Crippen molar-refractivity contribution < 1.29 is 17.6 Å². The molecule has 0 bridgehead atoms. The monoisotopic (exact) mass is 381 g/mol. The lowest BCUT2D eigenvalue weighted by molar-refractivity contribution is -0.117. The van der Waals surface area contributed by atoms with Crippen molar-refractivity contribution in [2.24, 2.45) is 5.92 Å². The number of aromatic nitrogens is 1. The number of nitrogens with one attached hydrogen (secondary N) is 1. The maximum absolute atomic E-state index is 13.4. The summed E-state index contributed by atoms with van der Waals surface area (Å²) >= 11 is 1.30. The zero-order chi connectivity index (χ0) is 17.6. The zero-order valence-electron chi connectivity index (χ0n) is 13.2. The summed E-state index contributed by atoms with van der Waals surface area (Å²) in [4.78, 5) is 17.0. The van der Waals surface area contributed by atoms with Crippen molar-refractivity contribution in [1.29, 1.82) is 0 Å². The third-order valence-electron chi connectivity index (χ3n) is 4.31. The highest BCUT2D eigenvalue weighted by Crippen LogP contribution is 2.34. The van der Waals surface area contributed by atoms with Crippen LogP contribution in [0.1, 0.15) is 23.4 Å².